The average Bonchev–Trinajstić information content (AvgIpc) is 3.20. The highest BCUT2D eigenvalue weighted by atomic mass is 16.7. The third-order valence-corrected chi connectivity index (χ3v) is 11.7. The van der Waals surface area contributed by atoms with E-state index in [9.17, 15) is 9.59 Å². The van der Waals surface area contributed by atoms with Crippen molar-refractivity contribution in [3.05, 3.63) is 0 Å². The molecule has 5 rings (SSSR count). The third kappa shape index (κ3) is 4.86. The van der Waals surface area contributed by atoms with Crippen LogP contribution in [0.15, 0.2) is 0 Å². The summed E-state index contributed by atoms with van der Waals surface area (Å²) in [6.45, 7) is 8.42. The van der Waals surface area contributed by atoms with Crippen molar-refractivity contribution in [2.45, 2.75) is 117 Å². The lowest BCUT2D eigenvalue weighted by atomic mass is 9.44. The molecule has 6 nitrogen and oxygen atoms in total. The predicted molar refractivity (Wildman–Crippen MR) is 136 cm³/mol. The first-order chi connectivity index (χ1) is 17.2. The molecular weight excluding hydrogens is 456 g/mol. The Morgan fingerprint density at radius 3 is 2.61 bits per heavy atom. The Morgan fingerprint density at radius 1 is 1.08 bits per heavy atom. The van der Waals surface area contributed by atoms with E-state index in [0.29, 0.717) is 35.4 Å². The van der Waals surface area contributed by atoms with Gasteiger partial charge in [-0.15, -0.1) is 0 Å². The van der Waals surface area contributed by atoms with Crippen molar-refractivity contribution in [3.8, 4) is 0 Å². The van der Waals surface area contributed by atoms with Gasteiger partial charge in [0.2, 0.25) is 0 Å². The SMILES string of the molecule is C[C@H](CCCOC(=O)O)[C@H]1CC[C@H]2[C@@H]3C(=O)C[C@@H]4C[C@H](OC5CCCCO5)CC[C@]4(C)[C@H]3CC[C@]12C. The summed E-state index contributed by atoms with van der Waals surface area (Å²) in [5.74, 6) is 3.40. The summed E-state index contributed by atoms with van der Waals surface area (Å²) in [6, 6.07) is 0. The molecule has 0 aromatic heterocycles. The van der Waals surface area contributed by atoms with Crippen molar-refractivity contribution in [2.24, 2.45) is 46.3 Å². The molecule has 4 aliphatic carbocycles. The van der Waals surface area contributed by atoms with Crippen LogP contribution in [-0.2, 0) is 19.0 Å². The highest BCUT2D eigenvalue weighted by Crippen LogP contribution is 2.67. The van der Waals surface area contributed by atoms with Gasteiger partial charge in [-0.25, -0.2) is 4.79 Å². The Balaban J connectivity index is 1.23. The summed E-state index contributed by atoms with van der Waals surface area (Å²) >= 11 is 0. The second kappa shape index (κ2) is 10.6. The number of ketones is 1. The summed E-state index contributed by atoms with van der Waals surface area (Å²) in [4.78, 5) is 24.5. The Bertz CT molecular complexity index is 807. The second-order valence-electron chi connectivity index (χ2n) is 13.4. The number of carboxylic acid groups (broad SMARTS) is 1. The van der Waals surface area contributed by atoms with Gasteiger partial charge in [0.25, 0.3) is 0 Å². The van der Waals surface area contributed by atoms with E-state index in [-0.39, 0.29) is 35.7 Å². The van der Waals surface area contributed by atoms with Crippen LogP contribution in [0.4, 0.5) is 4.79 Å². The van der Waals surface area contributed by atoms with Crippen LogP contribution in [0, 0.1) is 46.3 Å². The van der Waals surface area contributed by atoms with E-state index >= 15 is 0 Å². The van der Waals surface area contributed by atoms with Crippen LogP contribution < -0.4 is 0 Å². The van der Waals surface area contributed by atoms with Crippen molar-refractivity contribution in [2.75, 3.05) is 13.2 Å². The number of ether oxygens (including phenoxy) is 3. The van der Waals surface area contributed by atoms with Crippen LogP contribution in [-0.4, -0.2) is 42.7 Å². The molecule has 0 radical (unpaired) electrons. The number of carbonyl (C=O) groups is 2. The number of hydrogen-bond donors (Lipinski definition) is 1. The lowest BCUT2D eigenvalue weighted by molar-refractivity contribution is -0.211. The van der Waals surface area contributed by atoms with E-state index < -0.39 is 6.16 Å². The molecule has 0 aromatic carbocycles. The standard InChI is InChI=1S/C30H48O6/c1-19(7-6-16-35-28(32)33)22-9-10-23-27-24(12-14-30(22,23)3)29(2)13-11-21(17-20(29)18-25(27)31)36-26-8-4-5-15-34-26/h19-24,26-27H,4-18H2,1-3H3,(H,32,33)/t19-,20+,21-,22-,23+,24+,26?,27+,29+,30-/m1/s1. The number of rotatable bonds is 7. The van der Waals surface area contributed by atoms with Gasteiger partial charge >= 0.3 is 6.16 Å². The van der Waals surface area contributed by atoms with Gasteiger partial charge in [0.1, 0.15) is 5.78 Å². The van der Waals surface area contributed by atoms with Crippen molar-refractivity contribution >= 4 is 11.9 Å². The van der Waals surface area contributed by atoms with Crippen molar-refractivity contribution in [1.29, 1.82) is 0 Å². The maximum atomic E-state index is 13.8. The van der Waals surface area contributed by atoms with Crippen molar-refractivity contribution in [1.82, 2.24) is 0 Å². The summed E-state index contributed by atoms with van der Waals surface area (Å²) in [5, 5.41) is 8.75. The van der Waals surface area contributed by atoms with Gasteiger partial charge in [-0.1, -0.05) is 20.8 Å². The lowest BCUT2D eigenvalue weighted by Gasteiger charge is -2.60. The molecule has 1 aliphatic heterocycles. The highest BCUT2D eigenvalue weighted by Gasteiger charge is 2.63. The molecule has 6 heteroatoms. The molecule has 1 N–H and O–H groups in total. The maximum Gasteiger partial charge on any atom is 0.505 e. The van der Waals surface area contributed by atoms with Crippen molar-refractivity contribution < 1.29 is 28.9 Å². The Labute approximate surface area is 217 Å². The number of hydrogen-bond acceptors (Lipinski definition) is 5. The monoisotopic (exact) mass is 504 g/mol. The minimum Gasteiger partial charge on any atom is -0.450 e. The zero-order valence-electron chi connectivity index (χ0n) is 22.7. The van der Waals surface area contributed by atoms with E-state index in [1.54, 1.807) is 0 Å². The maximum absolute atomic E-state index is 13.8. The molecule has 36 heavy (non-hydrogen) atoms. The fourth-order valence-electron chi connectivity index (χ4n) is 9.79. The van der Waals surface area contributed by atoms with Gasteiger partial charge in [0.05, 0.1) is 12.7 Å². The van der Waals surface area contributed by atoms with Gasteiger partial charge in [-0.3, -0.25) is 4.79 Å². The van der Waals surface area contributed by atoms with Crippen LogP contribution >= 0.6 is 0 Å². The highest BCUT2D eigenvalue weighted by molar-refractivity contribution is 5.83. The smallest absolute Gasteiger partial charge is 0.450 e. The largest absolute Gasteiger partial charge is 0.505 e. The Kier molecular flexibility index (Phi) is 7.76. The van der Waals surface area contributed by atoms with Gasteiger partial charge in [0, 0.05) is 18.9 Å². The van der Waals surface area contributed by atoms with E-state index in [0.717, 1.165) is 51.6 Å². The van der Waals surface area contributed by atoms with E-state index in [1.165, 1.54) is 38.5 Å². The van der Waals surface area contributed by atoms with Gasteiger partial charge in [0.15, 0.2) is 6.29 Å². The number of Topliss-reactive ketones (excluding diaryl/α,β-unsaturated/α-hetero) is 1. The average molecular weight is 505 g/mol. The van der Waals surface area contributed by atoms with Crippen LogP contribution in [0.3, 0.4) is 0 Å². The zero-order chi connectivity index (χ0) is 25.5. The quantitative estimate of drug-likeness (QED) is 0.232. The van der Waals surface area contributed by atoms with Crippen LogP contribution in [0.2, 0.25) is 0 Å². The molecule has 204 valence electrons. The minimum absolute atomic E-state index is 0.0383. The predicted octanol–water partition coefficient (Wildman–Crippen LogP) is 6.85. The van der Waals surface area contributed by atoms with Crippen LogP contribution in [0.25, 0.3) is 0 Å². The molecule has 0 amide bonds. The molecule has 1 unspecified atom stereocenters. The molecule has 5 aliphatic rings. The van der Waals surface area contributed by atoms with E-state index in [2.05, 4.69) is 20.8 Å². The fourth-order valence-corrected chi connectivity index (χ4v) is 9.79. The Morgan fingerprint density at radius 2 is 1.86 bits per heavy atom. The topological polar surface area (TPSA) is 82.1 Å². The van der Waals surface area contributed by atoms with Gasteiger partial charge in [-0.2, -0.15) is 0 Å². The normalized spacial score (nSPS) is 45.3. The van der Waals surface area contributed by atoms with E-state index in [4.69, 9.17) is 19.3 Å². The molecule has 0 bridgehead atoms. The van der Waals surface area contributed by atoms with E-state index in [1.807, 2.05) is 0 Å². The molecule has 1 saturated heterocycles. The summed E-state index contributed by atoms with van der Waals surface area (Å²) in [6.07, 6.45) is 13.0. The van der Waals surface area contributed by atoms with Crippen molar-refractivity contribution in [3.63, 3.8) is 0 Å². The second-order valence-corrected chi connectivity index (χ2v) is 13.4. The first-order valence-electron chi connectivity index (χ1n) is 14.9. The van der Waals surface area contributed by atoms with Crippen LogP contribution in [0.5, 0.6) is 0 Å². The fraction of sp³-hybridized carbons (Fsp3) is 0.933. The Hall–Kier alpha value is -1.14. The molecule has 0 aromatic rings. The first kappa shape index (κ1) is 26.5. The molecule has 5 fully saturated rings. The summed E-state index contributed by atoms with van der Waals surface area (Å²) in [5.41, 5.74) is 0.483. The van der Waals surface area contributed by atoms with Gasteiger partial charge in [-0.05, 0) is 117 Å². The lowest BCUT2D eigenvalue weighted by Crippen LogP contribution is -2.57. The summed E-state index contributed by atoms with van der Waals surface area (Å²) < 4.78 is 17.0. The third-order valence-electron chi connectivity index (χ3n) is 11.7. The molecular formula is C30H48O6. The molecule has 4 saturated carbocycles. The van der Waals surface area contributed by atoms with Gasteiger partial charge < -0.3 is 19.3 Å². The first-order valence-corrected chi connectivity index (χ1v) is 14.9. The van der Waals surface area contributed by atoms with Crippen LogP contribution in [0.1, 0.15) is 104 Å². The minimum atomic E-state index is -1.18. The molecule has 10 atom stereocenters. The number of fused-ring (bicyclic) bond motifs is 5. The summed E-state index contributed by atoms with van der Waals surface area (Å²) in [7, 11) is 0. The molecule has 1 heterocycles. The molecule has 0 spiro atoms. The zero-order valence-corrected chi connectivity index (χ0v) is 22.7. The number of carbonyl (C=O) groups excluding carboxylic acids is 1.